The predicted molar refractivity (Wildman–Crippen MR) is 88.5 cm³/mol. The van der Waals surface area contributed by atoms with Crippen molar-refractivity contribution in [3.63, 3.8) is 0 Å². The molecule has 1 aliphatic heterocycles. The Morgan fingerprint density at radius 2 is 1.95 bits per heavy atom. The number of benzene rings is 1. The largest absolute Gasteiger partial charge is 0.380 e. The molecule has 118 valence electrons. The zero-order chi connectivity index (χ0) is 15.2. The van der Waals surface area contributed by atoms with Crippen LogP contribution in [0.3, 0.4) is 0 Å². The first-order chi connectivity index (χ1) is 10.1. The maximum absolute atomic E-state index is 5.84. The van der Waals surface area contributed by atoms with Gasteiger partial charge in [-0.2, -0.15) is 0 Å². The zero-order valence-electron chi connectivity index (χ0n) is 14.0. The van der Waals surface area contributed by atoms with Crippen molar-refractivity contribution in [1.82, 2.24) is 9.80 Å². The van der Waals surface area contributed by atoms with E-state index in [2.05, 4.69) is 62.0 Å². The number of hydrogen-bond acceptors (Lipinski definition) is 3. The van der Waals surface area contributed by atoms with Crippen molar-refractivity contribution in [3.05, 3.63) is 35.4 Å². The summed E-state index contributed by atoms with van der Waals surface area (Å²) in [5, 5.41) is 0. The molecule has 1 heterocycles. The molecule has 0 spiro atoms. The van der Waals surface area contributed by atoms with Gasteiger partial charge in [-0.1, -0.05) is 29.8 Å². The minimum absolute atomic E-state index is 0.578. The van der Waals surface area contributed by atoms with Gasteiger partial charge < -0.3 is 9.64 Å². The minimum atomic E-state index is 0.578. The summed E-state index contributed by atoms with van der Waals surface area (Å²) in [5.41, 5.74) is 2.73. The van der Waals surface area contributed by atoms with Crippen molar-refractivity contribution in [1.29, 1.82) is 0 Å². The van der Waals surface area contributed by atoms with Gasteiger partial charge in [0.2, 0.25) is 0 Å². The van der Waals surface area contributed by atoms with E-state index in [1.807, 2.05) is 0 Å². The Hall–Kier alpha value is -0.900. The summed E-state index contributed by atoms with van der Waals surface area (Å²) >= 11 is 0. The molecule has 2 atom stereocenters. The molecule has 0 saturated carbocycles. The van der Waals surface area contributed by atoms with Crippen LogP contribution in [-0.4, -0.2) is 56.2 Å². The molecular formula is C18H30N2O. The molecule has 0 radical (unpaired) electrons. The molecule has 0 amide bonds. The second kappa shape index (κ2) is 7.92. The molecule has 21 heavy (non-hydrogen) atoms. The highest BCUT2D eigenvalue weighted by atomic mass is 16.5. The summed E-state index contributed by atoms with van der Waals surface area (Å²) < 4.78 is 5.84. The normalized spacial score (nSPS) is 24.2. The van der Waals surface area contributed by atoms with Crippen LogP contribution in [0.5, 0.6) is 0 Å². The summed E-state index contributed by atoms with van der Waals surface area (Å²) in [7, 11) is 4.29. The summed E-state index contributed by atoms with van der Waals surface area (Å²) in [6, 6.07) is 9.50. The van der Waals surface area contributed by atoms with E-state index in [-0.39, 0.29) is 0 Å². The second-order valence-electron chi connectivity index (χ2n) is 6.62. The average molecular weight is 290 g/mol. The van der Waals surface area contributed by atoms with E-state index < -0.39 is 0 Å². The van der Waals surface area contributed by atoms with Crippen LogP contribution >= 0.6 is 0 Å². The number of ether oxygens (including phenoxy) is 1. The van der Waals surface area contributed by atoms with Crippen LogP contribution in [0.25, 0.3) is 0 Å². The first kappa shape index (κ1) is 16.5. The van der Waals surface area contributed by atoms with Crippen LogP contribution in [0.15, 0.2) is 24.3 Å². The minimum Gasteiger partial charge on any atom is -0.380 e. The maximum Gasteiger partial charge on any atom is 0.0593 e. The summed E-state index contributed by atoms with van der Waals surface area (Å²) in [6.45, 7) is 9.47. The Kier molecular flexibility index (Phi) is 6.22. The van der Waals surface area contributed by atoms with Crippen molar-refractivity contribution >= 4 is 0 Å². The van der Waals surface area contributed by atoms with Crippen LogP contribution in [-0.2, 0) is 11.3 Å². The average Bonchev–Trinajstić information content (AvgIpc) is 2.62. The van der Waals surface area contributed by atoms with Gasteiger partial charge in [-0.25, -0.2) is 0 Å². The van der Waals surface area contributed by atoms with Crippen molar-refractivity contribution in [2.24, 2.45) is 5.92 Å². The summed E-state index contributed by atoms with van der Waals surface area (Å²) in [6.07, 6.45) is 1.21. The predicted octanol–water partition coefficient (Wildman–Crippen LogP) is 2.78. The smallest absolute Gasteiger partial charge is 0.0593 e. The molecular weight excluding hydrogens is 260 g/mol. The van der Waals surface area contributed by atoms with Gasteiger partial charge >= 0.3 is 0 Å². The van der Waals surface area contributed by atoms with Crippen LogP contribution < -0.4 is 0 Å². The van der Waals surface area contributed by atoms with Crippen LogP contribution in [0.4, 0.5) is 0 Å². The lowest BCUT2D eigenvalue weighted by Gasteiger charge is -2.32. The van der Waals surface area contributed by atoms with Gasteiger partial charge in [0.15, 0.2) is 0 Å². The van der Waals surface area contributed by atoms with E-state index in [1.165, 1.54) is 17.5 Å². The third-order valence-corrected chi connectivity index (χ3v) is 4.57. The Morgan fingerprint density at radius 1 is 1.24 bits per heavy atom. The lowest BCUT2D eigenvalue weighted by Crippen LogP contribution is -2.39. The van der Waals surface area contributed by atoms with E-state index in [0.29, 0.717) is 12.0 Å². The number of rotatable bonds is 5. The topological polar surface area (TPSA) is 15.7 Å². The molecule has 0 unspecified atom stereocenters. The fourth-order valence-corrected chi connectivity index (χ4v) is 2.96. The molecule has 1 fully saturated rings. The molecule has 0 N–H and O–H groups in total. The zero-order valence-corrected chi connectivity index (χ0v) is 14.0. The van der Waals surface area contributed by atoms with Gasteiger partial charge in [0, 0.05) is 19.1 Å². The van der Waals surface area contributed by atoms with E-state index >= 15 is 0 Å². The number of hydrogen-bond donors (Lipinski definition) is 0. The molecule has 0 aromatic heterocycles. The Morgan fingerprint density at radius 3 is 2.62 bits per heavy atom. The van der Waals surface area contributed by atoms with Crippen LogP contribution in [0.1, 0.15) is 24.5 Å². The lowest BCUT2D eigenvalue weighted by molar-refractivity contribution is 0.110. The first-order valence-corrected chi connectivity index (χ1v) is 8.08. The van der Waals surface area contributed by atoms with Gasteiger partial charge in [0.1, 0.15) is 0 Å². The highest BCUT2D eigenvalue weighted by Gasteiger charge is 2.26. The number of aryl methyl sites for hydroxylation is 1. The molecule has 2 rings (SSSR count). The van der Waals surface area contributed by atoms with E-state index in [0.717, 1.165) is 32.8 Å². The fraction of sp³-hybridized carbons (Fsp3) is 0.667. The van der Waals surface area contributed by atoms with E-state index in [1.54, 1.807) is 0 Å². The van der Waals surface area contributed by atoms with Gasteiger partial charge in [-0.05, 0) is 52.4 Å². The quantitative estimate of drug-likeness (QED) is 0.829. The monoisotopic (exact) mass is 290 g/mol. The molecule has 1 aromatic carbocycles. The molecule has 1 aromatic rings. The fourth-order valence-electron chi connectivity index (χ4n) is 2.96. The van der Waals surface area contributed by atoms with Gasteiger partial charge in [-0.3, -0.25) is 4.90 Å². The highest BCUT2D eigenvalue weighted by Crippen LogP contribution is 2.21. The van der Waals surface area contributed by atoms with Gasteiger partial charge in [0.05, 0.1) is 13.2 Å². The molecule has 3 heteroatoms. The molecule has 3 nitrogen and oxygen atoms in total. The second-order valence-corrected chi connectivity index (χ2v) is 6.62. The van der Waals surface area contributed by atoms with Crippen LogP contribution in [0, 0.1) is 12.8 Å². The first-order valence-electron chi connectivity index (χ1n) is 8.08. The summed E-state index contributed by atoms with van der Waals surface area (Å²) in [5.74, 6) is 0.625. The standard InChI is InChI=1S/C18H30N2O/c1-15-5-7-17(8-6-15)13-20-11-12-21-14-18(16(20)2)9-10-19(3)4/h5-8,16,18H,9-14H2,1-4H3/t16-,18+/m0/s1. The molecule has 0 aliphatic carbocycles. The van der Waals surface area contributed by atoms with Crippen molar-refractivity contribution in [2.75, 3.05) is 40.4 Å². The van der Waals surface area contributed by atoms with Crippen molar-refractivity contribution < 1.29 is 4.74 Å². The SMILES string of the molecule is Cc1ccc(CN2CCOC[C@@H](CCN(C)C)[C@@H]2C)cc1. The molecule has 0 bridgehead atoms. The molecule has 1 saturated heterocycles. The maximum atomic E-state index is 5.84. The van der Waals surface area contributed by atoms with Crippen molar-refractivity contribution in [3.8, 4) is 0 Å². The third kappa shape index (κ3) is 5.10. The highest BCUT2D eigenvalue weighted by molar-refractivity contribution is 5.21. The number of nitrogens with zero attached hydrogens (tertiary/aromatic N) is 2. The summed E-state index contributed by atoms with van der Waals surface area (Å²) in [4.78, 5) is 4.85. The third-order valence-electron chi connectivity index (χ3n) is 4.57. The Labute approximate surface area is 129 Å². The van der Waals surface area contributed by atoms with Gasteiger partial charge in [0.25, 0.3) is 0 Å². The van der Waals surface area contributed by atoms with E-state index in [4.69, 9.17) is 4.74 Å². The Balaban J connectivity index is 1.98. The van der Waals surface area contributed by atoms with Crippen molar-refractivity contribution in [2.45, 2.75) is 32.9 Å². The lowest BCUT2D eigenvalue weighted by atomic mass is 9.96. The van der Waals surface area contributed by atoms with E-state index in [9.17, 15) is 0 Å². The van der Waals surface area contributed by atoms with Gasteiger partial charge in [-0.15, -0.1) is 0 Å². The molecule has 1 aliphatic rings. The Bertz CT molecular complexity index is 416. The van der Waals surface area contributed by atoms with Crippen LogP contribution in [0.2, 0.25) is 0 Å².